The molecule has 0 saturated heterocycles. The van der Waals surface area contributed by atoms with Crippen LogP contribution in [0.5, 0.6) is 0 Å². The molecule has 0 fully saturated rings. The van der Waals surface area contributed by atoms with E-state index in [-0.39, 0.29) is 12.4 Å². The highest BCUT2D eigenvalue weighted by molar-refractivity contribution is 5.90. The minimum atomic E-state index is 0. The topological polar surface area (TPSA) is 17.0 Å². The minimum Gasteiger partial charge on any atom is -0.347 e. The van der Waals surface area contributed by atoms with Crippen LogP contribution in [0.25, 0.3) is 22.0 Å². The number of aromatic nitrogens is 1. The van der Waals surface area contributed by atoms with E-state index in [0.717, 1.165) is 19.5 Å². The van der Waals surface area contributed by atoms with Crippen molar-refractivity contribution >= 4 is 23.3 Å². The average molecular weight is 313 g/mol. The van der Waals surface area contributed by atoms with Crippen molar-refractivity contribution in [2.45, 2.75) is 19.9 Å². The molecule has 1 N–H and O–H groups in total. The molecule has 0 aliphatic carbocycles. The summed E-state index contributed by atoms with van der Waals surface area (Å²) < 4.78 is 2.37. The molecule has 3 heteroatoms. The van der Waals surface area contributed by atoms with Crippen molar-refractivity contribution in [3.05, 3.63) is 59.3 Å². The standard InChI is InChI=1S/C19H20N2.ClH/c1-13-3-5-14(6-4-13)15-7-8-18-16(11-15)17-12-20-10-9-19(17)21(18)2;/h3-8,11,20H,9-10,12H2,1-2H3;1H. The molecule has 0 bridgehead atoms. The van der Waals surface area contributed by atoms with E-state index in [1.54, 1.807) is 0 Å². The number of benzene rings is 2. The van der Waals surface area contributed by atoms with Crippen molar-refractivity contribution < 1.29 is 0 Å². The zero-order valence-corrected chi connectivity index (χ0v) is 13.8. The minimum absolute atomic E-state index is 0. The van der Waals surface area contributed by atoms with Gasteiger partial charge < -0.3 is 9.88 Å². The molecule has 0 amide bonds. The molecule has 0 unspecified atom stereocenters. The SMILES string of the molecule is Cc1ccc(-c2ccc3c(c2)c2c(n3C)CCNC2)cc1.Cl. The van der Waals surface area contributed by atoms with Gasteiger partial charge in [-0.05, 0) is 35.7 Å². The quantitative estimate of drug-likeness (QED) is 0.712. The summed E-state index contributed by atoms with van der Waals surface area (Å²) in [5.41, 5.74) is 8.23. The highest BCUT2D eigenvalue weighted by Crippen LogP contribution is 2.31. The van der Waals surface area contributed by atoms with Crippen molar-refractivity contribution in [2.75, 3.05) is 6.54 Å². The van der Waals surface area contributed by atoms with Gasteiger partial charge in [-0.25, -0.2) is 0 Å². The van der Waals surface area contributed by atoms with Crippen molar-refractivity contribution in [2.24, 2.45) is 7.05 Å². The first-order chi connectivity index (χ1) is 10.2. The zero-order valence-electron chi connectivity index (χ0n) is 13.0. The van der Waals surface area contributed by atoms with Gasteiger partial charge in [-0.2, -0.15) is 0 Å². The predicted octanol–water partition coefficient (Wildman–Crippen LogP) is 4.22. The summed E-state index contributed by atoms with van der Waals surface area (Å²) in [5, 5.41) is 4.90. The number of hydrogen-bond donors (Lipinski definition) is 1. The second kappa shape index (κ2) is 5.79. The number of nitrogens with zero attached hydrogens (tertiary/aromatic N) is 1. The molecule has 2 heterocycles. The lowest BCUT2D eigenvalue weighted by molar-refractivity contribution is 0.622. The zero-order chi connectivity index (χ0) is 14.4. The van der Waals surface area contributed by atoms with Gasteiger partial charge in [0.15, 0.2) is 0 Å². The first kappa shape index (κ1) is 15.1. The number of hydrogen-bond acceptors (Lipinski definition) is 1. The van der Waals surface area contributed by atoms with Crippen LogP contribution in [-0.4, -0.2) is 11.1 Å². The van der Waals surface area contributed by atoms with Gasteiger partial charge >= 0.3 is 0 Å². The third-order valence-electron chi connectivity index (χ3n) is 4.66. The van der Waals surface area contributed by atoms with E-state index in [2.05, 4.69) is 66.3 Å². The van der Waals surface area contributed by atoms with Crippen molar-refractivity contribution in [3.63, 3.8) is 0 Å². The summed E-state index contributed by atoms with van der Waals surface area (Å²) >= 11 is 0. The number of halogens is 1. The molecule has 2 aromatic carbocycles. The van der Waals surface area contributed by atoms with Crippen molar-refractivity contribution in [1.82, 2.24) is 9.88 Å². The second-order valence-corrected chi connectivity index (χ2v) is 6.01. The number of fused-ring (bicyclic) bond motifs is 3. The van der Waals surface area contributed by atoms with Gasteiger partial charge in [0.2, 0.25) is 0 Å². The van der Waals surface area contributed by atoms with E-state index in [1.165, 1.54) is 38.9 Å². The van der Waals surface area contributed by atoms with Crippen LogP contribution in [0, 0.1) is 6.92 Å². The molecule has 0 spiro atoms. The van der Waals surface area contributed by atoms with E-state index >= 15 is 0 Å². The van der Waals surface area contributed by atoms with Crippen LogP contribution in [0.1, 0.15) is 16.8 Å². The smallest absolute Gasteiger partial charge is 0.0483 e. The highest BCUT2D eigenvalue weighted by Gasteiger charge is 2.18. The van der Waals surface area contributed by atoms with Crippen LogP contribution in [0.4, 0.5) is 0 Å². The number of aryl methyl sites for hydroxylation is 2. The number of rotatable bonds is 1. The van der Waals surface area contributed by atoms with Gasteiger partial charge in [0, 0.05) is 43.2 Å². The molecule has 114 valence electrons. The molecule has 22 heavy (non-hydrogen) atoms. The molecule has 0 saturated carbocycles. The summed E-state index contributed by atoms with van der Waals surface area (Å²) in [7, 11) is 2.19. The summed E-state index contributed by atoms with van der Waals surface area (Å²) in [6.07, 6.45) is 1.13. The molecule has 1 aliphatic heterocycles. The van der Waals surface area contributed by atoms with Crippen molar-refractivity contribution in [1.29, 1.82) is 0 Å². The molecule has 1 aromatic heterocycles. The van der Waals surface area contributed by atoms with E-state index in [9.17, 15) is 0 Å². The van der Waals surface area contributed by atoms with Gasteiger partial charge in [-0.1, -0.05) is 35.9 Å². The molecule has 0 atom stereocenters. The summed E-state index contributed by atoms with van der Waals surface area (Å²) in [4.78, 5) is 0. The summed E-state index contributed by atoms with van der Waals surface area (Å²) in [5.74, 6) is 0. The third kappa shape index (κ3) is 2.33. The molecule has 2 nitrogen and oxygen atoms in total. The van der Waals surface area contributed by atoms with Gasteiger partial charge in [-0.3, -0.25) is 0 Å². The van der Waals surface area contributed by atoms with Crippen LogP contribution in [0.3, 0.4) is 0 Å². The maximum Gasteiger partial charge on any atom is 0.0483 e. The Morgan fingerprint density at radius 3 is 2.50 bits per heavy atom. The van der Waals surface area contributed by atoms with Crippen LogP contribution >= 0.6 is 12.4 Å². The second-order valence-electron chi connectivity index (χ2n) is 6.01. The van der Waals surface area contributed by atoms with Crippen LogP contribution < -0.4 is 5.32 Å². The lowest BCUT2D eigenvalue weighted by Crippen LogP contribution is -2.24. The molecule has 0 radical (unpaired) electrons. The lowest BCUT2D eigenvalue weighted by Gasteiger charge is -2.14. The fourth-order valence-electron chi connectivity index (χ4n) is 3.44. The van der Waals surface area contributed by atoms with Crippen LogP contribution in [0.15, 0.2) is 42.5 Å². The number of nitrogens with one attached hydrogen (secondary N) is 1. The Morgan fingerprint density at radius 1 is 1.00 bits per heavy atom. The van der Waals surface area contributed by atoms with Crippen LogP contribution in [-0.2, 0) is 20.0 Å². The van der Waals surface area contributed by atoms with Gasteiger partial charge in [0.25, 0.3) is 0 Å². The van der Waals surface area contributed by atoms with Gasteiger partial charge in [0.05, 0.1) is 0 Å². The Hall–Kier alpha value is -1.77. The maximum absolute atomic E-state index is 3.50. The lowest BCUT2D eigenvalue weighted by atomic mass is 10.00. The first-order valence-electron chi connectivity index (χ1n) is 7.62. The molecule has 4 rings (SSSR count). The Balaban J connectivity index is 0.00000144. The van der Waals surface area contributed by atoms with Crippen LogP contribution in [0.2, 0.25) is 0 Å². The highest BCUT2D eigenvalue weighted by atomic mass is 35.5. The molecule has 3 aromatic rings. The first-order valence-corrected chi connectivity index (χ1v) is 7.62. The van der Waals surface area contributed by atoms with Gasteiger partial charge in [-0.15, -0.1) is 12.4 Å². The normalized spacial score (nSPS) is 13.7. The fraction of sp³-hybridized carbons (Fsp3) is 0.263. The Bertz CT molecular complexity index is 816. The fourth-order valence-corrected chi connectivity index (χ4v) is 3.44. The summed E-state index contributed by atoms with van der Waals surface area (Å²) in [6.45, 7) is 4.21. The maximum atomic E-state index is 3.50. The molecule has 1 aliphatic rings. The Morgan fingerprint density at radius 2 is 1.73 bits per heavy atom. The van der Waals surface area contributed by atoms with Crippen molar-refractivity contribution in [3.8, 4) is 11.1 Å². The average Bonchev–Trinajstić information content (AvgIpc) is 2.81. The molecular weight excluding hydrogens is 292 g/mol. The van der Waals surface area contributed by atoms with E-state index in [0.29, 0.717) is 0 Å². The van der Waals surface area contributed by atoms with E-state index in [1.807, 2.05) is 0 Å². The monoisotopic (exact) mass is 312 g/mol. The van der Waals surface area contributed by atoms with E-state index < -0.39 is 0 Å². The molecular formula is C19H21ClN2. The van der Waals surface area contributed by atoms with Gasteiger partial charge in [0.1, 0.15) is 0 Å². The largest absolute Gasteiger partial charge is 0.347 e. The predicted molar refractivity (Wildman–Crippen MR) is 95.8 cm³/mol. The Kier molecular flexibility index (Phi) is 3.98. The third-order valence-corrected chi connectivity index (χ3v) is 4.66. The van der Waals surface area contributed by atoms with E-state index in [4.69, 9.17) is 0 Å². The summed E-state index contributed by atoms with van der Waals surface area (Å²) in [6, 6.07) is 15.7. The Labute approximate surface area is 137 Å².